The summed E-state index contributed by atoms with van der Waals surface area (Å²) >= 11 is 0. The molecule has 18 heavy (non-hydrogen) atoms. The minimum absolute atomic E-state index is 0.0358. The van der Waals surface area contributed by atoms with E-state index in [4.69, 9.17) is 5.84 Å². The number of hydrogen-bond donors (Lipinski definition) is 2. The third-order valence-electron chi connectivity index (χ3n) is 3.92. The Morgan fingerprint density at radius 3 is 2.17 bits per heavy atom. The fourth-order valence-electron chi connectivity index (χ4n) is 2.62. The smallest absolute Gasteiger partial charge is 0.0429 e. The molecule has 1 aromatic rings. The Bertz CT molecular complexity index is 331. The molecule has 0 saturated carbocycles. The molecule has 0 aliphatic heterocycles. The minimum Gasteiger partial charge on any atom is -0.297 e. The molecule has 102 valence electrons. The average Bonchev–Trinajstić information content (AvgIpc) is 2.38. The van der Waals surface area contributed by atoms with Crippen LogP contribution in [0.15, 0.2) is 30.3 Å². The molecule has 0 aliphatic rings. The molecule has 0 spiro atoms. The van der Waals surface area contributed by atoms with Crippen LogP contribution < -0.4 is 11.3 Å². The molecule has 0 amide bonds. The summed E-state index contributed by atoms with van der Waals surface area (Å²) < 4.78 is 0. The third-order valence-corrected chi connectivity index (χ3v) is 3.92. The van der Waals surface area contributed by atoms with E-state index in [2.05, 4.69) is 62.3 Å². The number of nitrogens with two attached hydrogens (primary N) is 1. The summed E-state index contributed by atoms with van der Waals surface area (Å²) in [6, 6.07) is 10.7. The number of nitrogens with zero attached hydrogens (tertiary/aromatic N) is 1. The molecule has 0 heterocycles. The highest BCUT2D eigenvalue weighted by Gasteiger charge is 2.33. The average molecular weight is 249 g/mol. The highest BCUT2D eigenvalue weighted by molar-refractivity contribution is 5.17. The SMILES string of the molecule is CCN(CC)C(C)(C)C(Cc1ccccc1)NN. The summed E-state index contributed by atoms with van der Waals surface area (Å²) in [6.45, 7) is 11.0. The van der Waals surface area contributed by atoms with Crippen molar-refractivity contribution in [3.05, 3.63) is 35.9 Å². The van der Waals surface area contributed by atoms with Crippen LogP contribution in [-0.2, 0) is 6.42 Å². The Kier molecular flexibility index (Phi) is 5.79. The van der Waals surface area contributed by atoms with Crippen molar-refractivity contribution in [1.82, 2.24) is 10.3 Å². The number of hydrogen-bond acceptors (Lipinski definition) is 3. The van der Waals surface area contributed by atoms with Gasteiger partial charge in [-0.1, -0.05) is 44.2 Å². The molecule has 0 fully saturated rings. The fourth-order valence-corrected chi connectivity index (χ4v) is 2.62. The quantitative estimate of drug-likeness (QED) is 0.575. The van der Waals surface area contributed by atoms with Crippen molar-refractivity contribution in [1.29, 1.82) is 0 Å². The Morgan fingerprint density at radius 1 is 1.17 bits per heavy atom. The van der Waals surface area contributed by atoms with Crippen molar-refractivity contribution >= 4 is 0 Å². The molecule has 0 aliphatic carbocycles. The van der Waals surface area contributed by atoms with Crippen LogP contribution in [0.4, 0.5) is 0 Å². The van der Waals surface area contributed by atoms with Crippen molar-refractivity contribution < 1.29 is 0 Å². The van der Waals surface area contributed by atoms with Gasteiger partial charge in [-0.2, -0.15) is 0 Å². The predicted molar refractivity (Wildman–Crippen MR) is 78.3 cm³/mol. The molecule has 0 bridgehead atoms. The lowest BCUT2D eigenvalue weighted by molar-refractivity contribution is 0.0912. The van der Waals surface area contributed by atoms with E-state index in [9.17, 15) is 0 Å². The molecule has 3 N–H and O–H groups in total. The van der Waals surface area contributed by atoms with Gasteiger partial charge in [0.25, 0.3) is 0 Å². The number of hydrazine groups is 1. The van der Waals surface area contributed by atoms with Crippen LogP contribution in [0.2, 0.25) is 0 Å². The molecular weight excluding hydrogens is 222 g/mol. The van der Waals surface area contributed by atoms with Gasteiger partial charge < -0.3 is 0 Å². The summed E-state index contributed by atoms with van der Waals surface area (Å²) in [6.07, 6.45) is 0.945. The summed E-state index contributed by atoms with van der Waals surface area (Å²) in [7, 11) is 0. The first-order valence-corrected chi connectivity index (χ1v) is 6.81. The van der Waals surface area contributed by atoms with E-state index in [1.807, 2.05) is 6.07 Å². The molecule has 0 aromatic heterocycles. The van der Waals surface area contributed by atoms with E-state index in [1.54, 1.807) is 0 Å². The maximum Gasteiger partial charge on any atom is 0.0429 e. The van der Waals surface area contributed by atoms with E-state index >= 15 is 0 Å². The number of rotatable bonds is 7. The van der Waals surface area contributed by atoms with Gasteiger partial charge in [0, 0.05) is 11.6 Å². The molecule has 0 saturated heterocycles. The van der Waals surface area contributed by atoms with Crippen LogP contribution in [0.5, 0.6) is 0 Å². The first-order chi connectivity index (χ1) is 8.56. The lowest BCUT2D eigenvalue weighted by Gasteiger charge is -2.43. The van der Waals surface area contributed by atoms with Gasteiger partial charge in [0.2, 0.25) is 0 Å². The highest BCUT2D eigenvalue weighted by atomic mass is 15.3. The first kappa shape index (κ1) is 15.2. The monoisotopic (exact) mass is 249 g/mol. The Balaban J connectivity index is 2.82. The number of benzene rings is 1. The molecule has 1 rings (SSSR count). The van der Waals surface area contributed by atoms with Crippen LogP contribution in [0, 0.1) is 0 Å². The van der Waals surface area contributed by atoms with Crippen molar-refractivity contribution in [2.45, 2.75) is 45.7 Å². The Morgan fingerprint density at radius 2 is 1.72 bits per heavy atom. The van der Waals surface area contributed by atoms with E-state index in [-0.39, 0.29) is 11.6 Å². The minimum atomic E-state index is 0.0358. The molecular formula is C15H27N3. The molecule has 3 heteroatoms. The predicted octanol–water partition coefficient (Wildman–Crippen LogP) is 2.18. The normalized spacial score (nSPS) is 13.9. The van der Waals surface area contributed by atoms with Gasteiger partial charge in [-0.15, -0.1) is 0 Å². The largest absolute Gasteiger partial charge is 0.297 e. The van der Waals surface area contributed by atoms with Gasteiger partial charge in [-0.3, -0.25) is 16.2 Å². The van der Waals surface area contributed by atoms with Crippen LogP contribution in [0.1, 0.15) is 33.3 Å². The van der Waals surface area contributed by atoms with Crippen molar-refractivity contribution in [3.63, 3.8) is 0 Å². The van der Waals surface area contributed by atoms with E-state index in [0.717, 1.165) is 19.5 Å². The zero-order chi connectivity index (χ0) is 13.6. The summed E-state index contributed by atoms with van der Waals surface area (Å²) in [5.41, 5.74) is 4.35. The van der Waals surface area contributed by atoms with Gasteiger partial charge in [-0.25, -0.2) is 0 Å². The summed E-state index contributed by atoms with van der Waals surface area (Å²) in [4.78, 5) is 2.44. The first-order valence-electron chi connectivity index (χ1n) is 6.81. The van der Waals surface area contributed by atoms with Gasteiger partial charge >= 0.3 is 0 Å². The van der Waals surface area contributed by atoms with Crippen molar-refractivity contribution in [3.8, 4) is 0 Å². The summed E-state index contributed by atoms with van der Waals surface area (Å²) in [5, 5.41) is 0. The Labute approximate surface area is 111 Å². The molecule has 0 radical (unpaired) electrons. The van der Waals surface area contributed by atoms with Gasteiger partial charge in [0.15, 0.2) is 0 Å². The number of nitrogens with one attached hydrogen (secondary N) is 1. The van der Waals surface area contributed by atoms with Crippen molar-refractivity contribution in [2.75, 3.05) is 13.1 Å². The van der Waals surface area contributed by atoms with E-state index < -0.39 is 0 Å². The van der Waals surface area contributed by atoms with Crippen molar-refractivity contribution in [2.24, 2.45) is 5.84 Å². The second-order valence-corrected chi connectivity index (χ2v) is 5.23. The van der Waals surface area contributed by atoms with Crippen LogP contribution in [0.3, 0.4) is 0 Å². The zero-order valence-corrected chi connectivity index (χ0v) is 12.1. The maximum absolute atomic E-state index is 5.78. The standard InChI is InChI=1S/C15H27N3/c1-5-18(6-2)15(3,4)14(17-16)12-13-10-8-7-9-11-13/h7-11,14,17H,5-6,12,16H2,1-4H3. The second-order valence-electron chi connectivity index (χ2n) is 5.23. The lowest BCUT2D eigenvalue weighted by atomic mass is 9.88. The van der Waals surface area contributed by atoms with Crippen LogP contribution in [-0.4, -0.2) is 29.6 Å². The topological polar surface area (TPSA) is 41.3 Å². The van der Waals surface area contributed by atoms with Gasteiger partial charge in [-0.05, 0) is 38.9 Å². The lowest BCUT2D eigenvalue weighted by Crippen LogP contribution is -2.60. The summed E-state index contributed by atoms with van der Waals surface area (Å²) in [5.74, 6) is 5.78. The molecule has 3 nitrogen and oxygen atoms in total. The highest BCUT2D eigenvalue weighted by Crippen LogP contribution is 2.21. The third kappa shape index (κ3) is 3.55. The van der Waals surface area contributed by atoms with Crippen LogP contribution >= 0.6 is 0 Å². The van der Waals surface area contributed by atoms with E-state index in [0.29, 0.717) is 0 Å². The molecule has 1 atom stereocenters. The van der Waals surface area contributed by atoms with Crippen LogP contribution in [0.25, 0.3) is 0 Å². The zero-order valence-electron chi connectivity index (χ0n) is 12.1. The van der Waals surface area contributed by atoms with E-state index in [1.165, 1.54) is 5.56 Å². The molecule has 1 unspecified atom stereocenters. The van der Waals surface area contributed by atoms with Gasteiger partial charge in [0.05, 0.1) is 0 Å². The fraction of sp³-hybridized carbons (Fsp3) is 0.600. The maximum atomic E-state index is 5.78. The molecule has 1 aromatic carbocycles. The Hall–Kier alpha value is -0.900. The van der Waals surface area contributed by atoms with Gasteiger partial charge in [0.1, 0.15) is 0 Å². The second kappa shape index (κ2) is 6.88. The number of likely N-dealkylation sites (N-methyl/N-ethyl adjacent to an activating group) is 1.